The van der Waals surface area contributed by atoms with Crippen LogP contribution in [0.15, 0.2) is 53.5 Å². The van der Waals surface area contributed by atoms with Crippen LogP contribution in [0, 0.1) is 13.8 Å². The SMILES string of the molecule is Cc1cc(C)c(CN(C(=O)c2cc(-c3cccc(OCCCO)c3)cc3[nH]ncc23)C2CCCC2)c(=O)[nH]1. The minimum atomic E-state index is -0.140. The zero-order chi connectivity index (χ0) is 26.6. The van der Waals surface area contributed by atoms with Crippen molar-refractivity contribution in [1.82, 2.24) is 20.1 Å². The molecule has 1 aliphatic carbocycles. The molecule has 2 heterocycles. The minimum absolute atomic E-state index is 0.0765. The molecular weight excluding hydrogens is 480 g/mol. The van der Waals surface area contributed by atoms with Gasteiger partial charge in [-0.3, -0.25) is 14.7 Å². The van der Waals surface area contributed by atoms with Gasteiger partial charge in [-0.2, -0.15) is 5.10 Å². The number of hydrogen-bond donors (Lipinski definition) is 3. The van der Waals surface area contributed by atoms with E-state index in [1.54, 1.807) is 6.20 Å². The van der Waals surface area contributed by atoms with Crippen molar-refractivity contribution in [2.24, 2.45) is 0 Å². The van der Waals surface area contributed by atoms with Gasteiger partial charge in [-0.1, -0.05) is 25.0 Å². The lowest BCUT2D eigenvalue weighted by Gasteiger charge is -2.30. The number of aliphatic hydroxyl groups excluding tert-OH is 1. The first-order valence-electron chi connectivity index (χ1n) is 13.3. The largest absolute Gasteiger partial charge is 0.493 e. The second-order valence-electron chi connectivity index (χ2n) is 10.1. The number of carbonyl (C=O) groups excluding carboxylic acids is 1. The topological polar surface area (TPSA) is 111 Å². The summed E-state index contributed by atoms with van der Waals surface area (Å²) < 4.78 is 5.77. The Kier molecular flexibility index (Phi) is 7.60. The van der Waals surface area contributed by atoms with E-state index in [9.17, 15) is 9.59 Å². The van der Waals surface area contributed by atoms with E-state index in [2.05, 4.69) is 15.2 Å². The predicted octanol–water partition coefficient (Wildman–Crippen LogP) is 4.88. The second-order valence-corrected chi connectivity index (χ2v) is 10.1. The molecule has 0 atom stereocenters. The Morgan fingerprint density at radius 1 is 1.13 bits per heavy atom. The Hall–Kier alpha value is -3.91. The maximum Gasteiger partial charge on any atom is 0.255 e. The molecule has 1 aliphatic rings. The zero-order valence-electron chi connectivity index (χ0n) is 21.9. The van der Waals surface area contributed by atoms with Gasteiger partial charge < -0.3 is 19.7 Å². The highest BCUT2D eigenvalue weighted by atomic mass is 16.5. The van der Waals surface area contributed by atoms with Gasteiger partial charge in [0.05, 0.1) is 30.4 Å². The number of nitrogens with zero attached hydrogens (tertiary/aromatic N) is 2. The van der Waals surface area contributed by atoms with Crippen LogP contribution < -0.4 is 10.3 Å². The second kappa shape index (κ2) is 11.2. The van der Waals surface area contributed by atoms with Gasteiger partial charge in [-0.25, -0.2) is 0 Å². The maximum absolute atomic E-state index is 14.3. The van der Waals surface area contributed by atoms with Crippen molar-refractivity contribution in [3.05, 3.63) is 81.4 Å². The number of rotatable bonds is 9. The number of carbonyl (C=O) groups is 1. The number of aryl methyl sites for hydroxylation is 2. The molecule has 8 nitrogen and oxygen atoms in total. The van der Waals surface area contributed by atoms with E-state index < -0.39 is 0 Å². The highest BCUT2D eigenvalue weighted by Crippen LogP contribution is 2.32. The summed E-state index contributed by atoms with van der Waals surface area (Å²) in [5.41, 5.74) is 5.30. The lowest BCUT2D eigenvalue weighted by atomic mass is 9.98. The normalized spacial score (nSPS) is 13.8. The molecule has 0 aliphatic heterocycles. The molecule has 198 valence electrons. The van der Waals surface area contributed by atoms with Crippen molar-refractivity contribution in [2.45, 2.75) is 58.5 Å². The van der Waals surface area contributed by atoms with Gasteiger partial charge in [0.1, 0.15) is 5.75 Å². The van der Waals surface area contributed by atoms with Gasteiger partial charge in [0, 0.05) is 35.7 Å². The smallest absolute Gasteiger partial charge is 0.255 e. The van der Waals surface area contributed by atoms with Crippen molar-refractivity contribution in [3.8, 4) is 16.9 Å². The Morgan fingerprint density at radius 2 is 1.95 bits per heavy atom. The average Bonchev–Trinajstić information content (AvgIpc) is 3.60. The number of benzene rings is 2. The highest BCUT2D eigenvalue weighted by molar-refractivity contribution is 6.08. The molecule has 0 radical (unpaired) electrons. The number of fused-ring (bicyclic) bond motifs is 1. The van der Waals surface area contributed by atoms with Crippen molar-refractivity contribution in [3.63, 3.8) is 0 Å². The third-order valence-corrected chi connectivity index (χ3v) is 7.38. The van der Waals surface area contributed by atoms with Crippen LogP contribution >= 0.6 is 0 Å². The van der Waals surface area contributed by atoms with Gasteiger partial charge >= 0.3 is 0 Å². The zero-order valence-corrected chi connectivity index (χ0v) is 21.9. The molecule has 8 heteroatoms. The molecule has 0 unspecified atom stereocenters. The summed E-state index contributed by atoms with van der Waals surface area (Å²) in [6.45, 7) is 4.57. The van der Waals surface area contributed by atoms with E-state index in [-0.39, 0.29) is 30.7 Å². The van der Waals surface area contributed by atoms with E-state index in [0.29, 0.717) is 29.9 Å². The molecule has 0 saturated heterocycles. The van der Waals surface area contributed by atoms with Crippen LogP contribution in [0.1, 0.15) is 59.3 Å². The lowest BCUT2D eigenvalue weighted by molar-refractivity contribution is 0.0665. The molecule has 3 N–H and O–H groups in total. The van der Waals surface area contributed by atoms with Crippen LogP contribution in [0.3, 0.4) is 0 Å². The predicted molar refractivity (Wildman–Crippen MR) is 147 cm³/mol. The molecule has 0 bridgehead atoms. The van der Waals surface area contributed by atoms with Crippen LogP contribution in [-0.2, 0) is 6.54 Å². The fourth-order valence-corrected chi connectivity index (χ4v) is 5.40. The summed E-state index contributed by atoms with van der Waals surface area (Å²) in [6.07, 6.45) is 6.25. The monoisotopic (exact) mass is 514 g/mol. The van der Waals surface area contributed by atoms with E-state index in [1.165, 1.54) is 0 Å². The summed E-state index contributed by atoms with van der Waals surface area (Å²) in [5.74, 6) is 0.607. The van der Waals surface area contributed by atoms with Crippen molar-refractivity contribution < 1.29 is 14.6 Å². The van der Waals surface area contributed by atoms with Crippen LogP contribution in [0.2, 0.25) is 0 Å². The summed E-state index contributed by atoms with van der Waals surface area (Å²) in [7, 11) is 0. The van der Waals surface area contributed by atoms with Gasteiger partial charge in [-0.15, -0.1) is 0 Å². The van der Waals surface area contributed by atoms with Gasteiger partial charge in [0.2, 0.25) is 0 Å². The minimum Gasteiger partial charge on any atom is -0.493 e. The molecular formula is C30H34N4O4. The Labute approximate surface area is 221 Å². The standard InChI is InChI=1S/C30H34N4O4/c1-19-13-20(2)32-29(36)27(19)18-34(23-8-3-4-9-23)30(37)25-15-22(16-28-26(25)17-31-33-28)21-7-5-10-24(14-21)38-12-6-11-35/h5,7,10,13-17,23,35H,3-4,6,8-9,11-12,18H2,1-2H3,(H,31,33)(H,32,36). The van der Waals surface area contributed by atoms with Crippen LogP contribution in [0.25, 0.3) is 22.0 Å². The summed E-state index contributed by atoms with van der Waals surface area (Å²) in [6, 6.07) is 13.7. The molecule has 1 saturated carbocycles. The van der Waals surface area contributed by atoms with Gasteiger partial charge in [0.15, 0.2) is 0 Å². The summed E-state index contributed by atoms with van der Waals surface area (Å²) in [4.78, 5) is 31.9. The summed E-state index contributed by atoms with van der Waals surface area (Å²) >= 11 is 0. The molecule has 1 fully saturated rings. The quantitative estimate of drug-likeness (QED) is 0.276. The number of aromatic amines is 2. The van der Waals surface area contributed by atoms with Crippen molar-refractivity contribution in [2.75, 3.05) is 13.2 Å². The number of pyridine rings is 1. The first-order valence-corrected chi connectivity index (χ1v) is 13.3. The average molecular weight is 515 g/mol. The number of H-pyrrole nitrogens is 2. The molecule has 2 aromatic heterocycles. The highest BCUT2D eigenvalue weighted by Gasteiger charge is 2.30. The van der Waals surface area contributed by atoms with Gasteiger partial charge in [-0.05, 0) is 73.7 Å². The molecule has 1 amide bonds. The van der Waals surface area contributed by atoms with Crippen LogP contribution in [-0.4, -0.2) is 50.4 Å². The molecule has 2 aromatic carbocycles. The fourth-order valence-electron chi connectivity index (χ4n) is 5.40. The van der Waals surface area contributed by atoms with E-state index in [4.69, 9.17) is 9.84 Å². The third kappa shape index (κ3) is 5.36. The lowest BCUT2D eigenvalue weighted by Crippen LogP contribution is -2.40. The number of nitrogens with one attached hydrogen (secondary N) is 2. The number of ether oxygens (including phenoxy) is 1. The molecule has 0 spiro atoms. The number of hydrogen-bond acceptors (Lipinski definition) is 5. The molecule has 5 rings (SSSR count). The van der Waals surface area contributed by atoms with E-state index >= 15 is 0 Å². The first-order chi connectivity index (χ1) is 18.4. The van der Waals surface area contributed by atoms with Crippen LogP contribution in [0.5, 0.6) is 5.75 Å². The maximum atomic E-state index is 14.3. The first kappa shape index (κ1) is 25.7. The molecule has 4 aromatic rings. The van der Waals surface area contributed by atoms with Crippen molar-refractivity contribution >= 4 is 16.8 Å². The van der Waals surface area contributed by atoms with E-state index in [0.717, 1.165) is 59.0 Å². The number of aromatic nitrogens is 3. The van der Waals surface area contributed by atoms with Gasteiger partial charge in [0.25, 0.3) is 11.5 Å². The number of aliphatic hydroxyl groups is 1. The van der Waals surface area contributed by atoms with E-state index in [1.807, 2.05) is 61.2 Å². The third-order valence-electron chi connectivity index (χ3n) is 7.38. The Bertz CT molecular complexity index is 1500. The fraction of sp³-hybridized carbons (Fsp3) is 0.367. The summed E-state index contributed by atoms with van der Waals surface area (Å²) in [5, 5.41) is 17.1. The molecule has 38 heavy (non-hydrogen) atoms. The Morgan fingerprint density at radius 3 is 2.71 bits per heavy atom. The van der Waals surface area contributed by atoms with Crippen LogP contribution in [0.4, 0.5) is 0 Å². The number of amides is 1. The Balaban J connectivity index is 1.54. The van der Waals surface area contributed by atoms with Crippen molar-refractivity contribution in [1.29, 1.82) is 0 Å².